The number of carbonyl (C=O) groups excluding carboxylic acids is 1. The third-order valence-corrected chi connectivity index (χ3v) is 4.20. The molecule has 0 fully saturated rings. The average Bonchev–Trinajstić information content (AvgIpc) is 3.04. The Kier molecular flexibility index (Phi) is 3.64. The van der Waals surface area contributed by atoms with Crippen LogP contribution in [0.25, 0.3) is 0 Å². The van der Waals surface area contributed by atoms with Crippen molar-refractivity contribution >= 4 is 11.6 Å². The Morgan fingerprint density at radius 3 is 3.05 bits per heavy atom. The van der Waals surface area contributed by atoms with E-state index < -0.39 is 0 Å². The van der Waals surface area contributed by atoms with E-state index in [1.54, 1.807) is 10.9 Å². The van der Waals surface area contributed by atoms with E-state index in [9.17, 15) is 4.79 Å². The Hall–Kier alpha value is -2.30. The maximum atomic E-state index is 12.1. The highest BCUT2D eigenvalue weighted by Crippen LogP contribution is 2.32. The monoisotopic (exact) mass is 284 g/mol. The van der Waals surface area contributed by atoms with Crippen LogP contribution in [-0.2, 0) is 7.05 Å². The summed E-state index contributed by atoms with van der Waals surface area (Å²) in [6.45, 7) is 3.52. The first-order valence-corrected chi connectivity index (χ1v) is 7.26. The topological polar surface area (TPSA) is 59.0 Å². The molecule has 1 aromatic carbocycles. The van der Waals surface area contributed by atoms with Gasteiger partial charge in [-0.05, 0) is 25.0 Å². The highest BCUT2D eigenvalue weighted by molar-refractivity contribution is 5.95. The number of aromatic nitrogens is 2. The molecule has 21 heavy (non-hydrogen) atoms. The summed E-state index contributed by atoms with van der Waals surface area (Å²) in [5, 5.41) is 10.5. The summed E-state index contributed by atoms with van der Waals surface area (Å²) in [6.07, 6.45) is 2.56. The van der Waals surface area contributed by atoms with Gasteiger partial charge >= 0.3 is 0 Å². The number of para-hydroxylation sites is 1. The number of hydrogen-bond donors (Lipinski definition) is 2. The van der Waals surface area contributed by atoms with Crippen LogP contribution < -0.4 is 10.6 Å². The van der Waals surface area contributed by atoms with Crippen molar-refractivity contribution in [3.05, 3.63) is 47.3 Å². The van der Waals surface area contributed by atoms with Crippen molar-refractivity contribution in [3.8, 4) is 0 Å². The van der Waals surface area contributed by atoms with E-state index in [4.69, 9.17) is 0 Å². The average molecular weight is 284 g/mol. The Balaban J connectivity index is 1.55. The fraction of sp³-hybridized carbons (Fsp3) is 0.375. The van der Waals surface area contributed by atoms with E-state index in [2.05, 4.69) is 33.9 Å². The normalized spacial score (nSPS) is 16.4. The predicted molar refractivity (Wildman–Crippen MR) is 82.6 cm³/mol. The largest absolute Gasteiger partial charge is 0.384 e. The molecule has 0 aliphatic carbocycles. The zero-order valence-electron chi connectivity index (χ0n) is 12.4. The molecule has 0 spiro atoms. The molecule has 1 aliphatic heterocycles. The van der Waals surface area contributed by atoms with Gasteiger partial charge in [0.25, 0.3) is 5.91 Å². The number of nitrogens with zero attached hydrogens (tertiary/aromatic N) is 2. The summed E-state index contributed by atoms with van der Waals surface area (Å²) in [4.78, 5) is 12.1. The number of benzene rings is 1. The highest BCUT2D eigenvalue weighted by atomic mass is 16.1. The summed E-state index contributed by atoms with van der Waals surface area (Å²) < 4.78 is 1.71. The van der Waals surface area contributed by atoms with E-state index in [0.29, 0.717) is 18.0 Å². The Morgan fingerprint density at radius 2 is 2.29 bits per heavy atom. The molecule has 1 aliphatic rings. The van der Waals surface area contributed by atoms with Gasteiger partial charge in [-0.15, -0.1) is 0 Å². The first-order chi connectivity index (χ1) is 10.2. The smallest absolute Gasteiger partial charge is 0.254 e. The molecule has 1 aromatic heterocycles. The maximum Gasteiger partial charge on any atom is 0.254 e. The van der Waals surface area contributed by atoms with Gasteiger partial charge in [0.15, 0.2) is 0 Å². The molecule has 0 bridgehead atoms. The molecule has 5 heteroatoms. The van der Waals surface area contributed by atoms with Crippen LogP contribution in [0, 0.1) is 6.92 Å². The minimum atomic E-state index is -0.0418. The lowest BCUT2D eigenvalue weighted by atomic mass is 9.98. The molecule has 1 amide bonds. The molecule has 3 rings (SSSR count). The van der Waals surface area contributed by atoms with Crippen LogP contribution in [0.4, 0.5) is 5.69 Å². The summed E-state index contributed by atoms with van der Waals surface area (Å²) in [5.41, 5.74) is 4.11. The molecule has 1 atom stereocenters. The third kappa shape index (κ3) is 2.63. The van der Waals surface area contributed by atoms with E-state index in [0.717, 1.165) is 18.7 Å². The van der Waals surface area contributed by atoms with Crippen molar-refractivity contribution < 1.29 is 4.79 Å². The predicted octanol–water partition coefficient (Wildman–Crippen LogP) is 2.06. The first-order valence-electron chi connectivity index (χ1n) is 7.26. The minimum absolute atomic E-state index is 0.0418. The number of hydrogen-bond acceptors (Lipinski definition) is 3. The molecular formula is C16H20N4O. The molecule has 2 aromatic rings. The number of nitrogens with one attached hydrogen (secondary N) is 2. The summed E-state index contributed by atoms with van der Waals surface area (Å²) in [6, 6.07) is 8.37. The maximum absolute atomic E-state index is 12.1. The van der Waals surface area contributed by atoms with E-state index >= 15 is 0 Å². The number of fused-ring (bicyclic) bond motifs is 1. The van der Waals surface area contributed by atoms with Crippen LogP contribution in [0.1, 0.15) is 34.0 Å². The van der Waals surface area contributed by atoms with Crippen molar-refractivity contribution in [1.82, 2.24) is 15.1 Å². The van der Waals surface area contributed by atoms with Crippen molar-refractivity contribution in [1.29, 1.82) is 0 Å². The van der Waals surface area contributed by atoms with E-state index in [1.807, 2.05) is 20.0 Å². The van der Waals surface area contributed by atoms with Crippen LogP contribution in [0.5, 0.6) is 0 Å². The second-order valence-corrected chi connectivity index (χ2v) is 5.48. The van der Waals surface area contributed by atoms with Gasteiger partial charge < -0.3 is 10.6 Å². The number of amides is 1. The molecule has 0 saturated carbocycles. The van der Waals surface area contributed by atoms with Crippen molar-refractivity contribution in [2.45, 2.75) is 19.3 Å². The second kappa shape index (κ2) is 5.60. The molecular weight excluding hydrogens is 264 g/mol. The van der Waals surface area contributed by atoms with Gasteiger partial charge in [-0.1, -0.05) is 18.2 Å². The minimum Gasteiger partial charge on any atom is -0.384 e. The molecule has 0 radical (unpaired) electrons. The third-order valence-electron chi connectivity index (χ3n) is 4.20. The van der Waals surface area contributed by atoms with Gasteiger partial charge in [0.2, 0.25) is 0 Å². The van der Waals surface area contributed by atoms with Crippen molar-refractivity contribution in [2.24, 2.45) is 7.05 Å². The standard InChI is InChI=1S/C16H20N4O/c1-11-14(10-19-20(11)2)16(21)17-8-7-12-9-18-15-6-4-3-5-13(12)15/h3-6,10,12,18H,7-9H2,1-2H3,(H,17,21). The van der Waals surface area contributed by atoms with E-state index in [-0.39, 0.29) is 5.91 Å². The molecule has 0 saturated heterocycles. The Labute approximate surface area is 124 Å². The quantitative estimate of drug-likeness (QED) is 0.903. The SMILES string of the molecule is Cc1c(C(=O)NCCC2CNc3ccccc32)cnn1C. The fourth-order valence-corrected chi connectivity index (χ4v) is 2.79. The summed E-state index contributed by atoms with van der Waals surface area (Å²) >= 11 is 0. The van der Waals surface area contributed by atoms with Gasteiger partial charge in [-0.25, -0.2) is 0 Å². The van der Waals surface area contributed by atoms with Gasteiger partial charge in [-0.2, -0.15) is 5.10 Å². The van der Waals surface area contributed by atoms with Crippen molar-refractivity contribution in [2.75, 3.05) is 18.4 Å². The Bertz CT molecular complexity index is 662. The van der Waals surface area contributed by atoms with Gasteiger partial charge in [0.05, 0.1) is 11.8 Å². The molecule has 5 nitrogen and oxygen atoms in total. The first kappa shape index (κ1) is 13.7. The molecule has 2 N–H and O–H groups in total. The fourth-order valence-electron chi connectivity index (χ4n) is 2.79. The zero-order chi connectivity index (χ0) is 14.8. The highest BCUT2D eigenvalue weighted by Gasteiger charge is 2.21. The summed E-state index contributed by atoms with van der Waals surface area (Å²) in [5.74, 6) is 0.427. The number of aryl methyl sites for hydroxylation is 1. The lowest BCUT2D eigenvalue weighted by molar-refractivity contribution is 0.0952. The number of carbonyl (C=O) groups is 1. The Morgan fingerprint density at radius 1 is 1.48 bits per heavy atom. The van der Waals surface area contributed by atoms with Crippen LogP contribution in [0.3, 0.4) is 0 Å². The molecule has 1 unspecified atom stereocenters. The van der Waals surface area contributed by atoms with Gasteiger partial charge in [0.1, 0.15) is 0 Å². The molecule has 2 heterocycles. The zero-order valence-corrected chi connectivity index (χ0v) is 12.4. The van der Waals surface area contributed by atoms with Crippen molar-refractivity contribution in [3.63, 3.8) is 0 Å². The second-order valence-electron chi connectivity index (χ2n) is 5.48. The lowest BCUT2D eigenvalue weighted by Gasteiger charge is -2.11. The number of rotatable bonds is 4. The van der Waals surface area contributed by atoms with Crippen LogP contribution in [0.15, 0.2) is 30.5 Å². The lowest BCUT2D eigenvalue weighted by Crippen LogP contribution is -2.26. The van der Waals surface area contributed by atoms with Gasteiger partial charge in [0, 0.05) is 37.4 Å². The van der Waals surface area contributed by atoms with E-state index in [1.165, 1.54) is 11.3 Å². The van der Waals surface area contributed by atoms with Crippen LogP contribution in [-0.4, -0.2) is 28.8 Å². The van der Waals surface area contributed by atoms with Crippen LogP contribution in [0.2, 0.25) is 0 Å². The van der Waals surface area contributed by atoms with Gasteiger partial charge in [-0.3, -0.25) is 9.48 Å². The number of anilines is 1. The van der Waals surface area contributed by atoms with Crippen LogP contribution >= 0.6 is 0 Å². The molecule has 110 valence electrons. The summed E-state index contributed by atoms with van der Waals surface area (Å²) in [7, 11) is 1.84.